The Labute approximate surface area is 140 Å². The first-order chi connectivity index (χ1) is 11.2. The Hall–Kier alpha value is -2.14. The van der Waals surface area contributed by atoms with Gasteiger partial charge in [-0.15, -0.1) is 11.8 Å². The molecule has 1 aliphatic heterocycles. The second kappa shape index (κ2) is 7.42. The van der Waals surface area contributed by atoms with Gasteiger partial charge in [-0.1, -0.05) is 17.7 Å². The van der Waals surface area contributed by atoms with Crippen LogP contribution in [0, 0.1) is 6.92 Å². The number of fused-ring (bicyclic) bond motifs is 1. The maximum atomic E-state index is 12.0. The molecule has 0 atom stereocenters. The van der Waals surface area contributed by atoms with E-state index in [-0.39, 0.29) is 5.91 Å². The molecule has 0 saturated heterocycles. The molecule has 2 aromatic carbocycles. The first-order valence-electron chi connectivity index (χ1n) is 7.60. The number of aryl methyl sites for hydroxylation is 1. The van der Waals surface area contributed by atoms with Crippen LogP contribution in [0.3, 0.4) is 0 Å². The van der Waals surface area contributed by atoms with Crippen molar-refractivity contribution in [1.29, 1.82) is 0 Å². The lowest BCUT2D eigenvalue weighted by molar-refractivity contribution is -0.115. The molecule has 23 heavy (non-hydrogen) atoms. The second-order valence-corrected chi connectivity index (χ2v) is 6.49. The predicted octanol–water partition coefficient (Wildman–Crippen LogP) is 3.89. The first-order valence-corrected chi connectivity index (χ1v) is 8.58. The molecule has 0 fully saturated rings. The average Bonchev–Trinajstić information content (AvgIpc) is 2.56. The number of ether oxygens (including phenoxy) is 2. The van der Waals surface area contributed by atoms with Gasteiger partial charge in [-0.2, -0.15) is 0 Å². The number of carbonyl (C=O) groups excluding carboxylic acids is 1. The van der Waals surface area contributed by atoms with Gasteiger partial charge >= 0.3 is 0 Å². The third-order valence-corrected chi connectivity index (χ3v) is 4.46. The summed E-state index contributed by atoms with van der Waals surface area (Å²) >= 11 is 1.69. The molecule has 0 bridgehead atoms. The van der Waals surface area contributed by atoms with Gasteiger partial charge in [0.25, 0.3) is 0 Å². The van der Waals surface area contributed by atoms with Crippen LogP contribution in [0.15, 0.2) is 47.4 Å². The van der Waals surface area contributed by atoms with Crippen molar-refractivity contribution in [1.82, 2.24) is 0 Å². The SMILES string of the molecule is Cc1ccc(SCCC(=O)Nc2ccc3c(c2)OCCO3)cc1. The summed E-state index contributed by atoms with van der Waals surface area (Å²) in [6.45, 7) is 3.17. The number of carbonyl (C=O) groups is 1. The smallest absolute Gasteiger partial charge is 0.225 e. The van der Waals surface area contributed by atoms with Crippen LogP contribution in [0.5, 0.6) is 11.5 Å². The number of hydrogen-bond acceptors (Lipinski definition) is 4. The number of amides is 1. The van der Waals surface area contributed by atoms with Crippen LogP contribution in [0.25, 0.3) is 0 Å². The van der Waals surface area contributed by atoms with E-state index in [4.69, 9.17) is 9.47 Å². The van der Waals surface area contributed by atoms with Gasteiger partial charge in [0, 0.05) is 28.8 Å². The number of benzene rings is 2. The second-order valence-electron chi connectivity index (χ2n) is 5.32. The largest absolute Gasteiger partial charge is 0.486 e. The molecule has 1 heterocycles. The number of anilines is 1. The molecule has 0 unspecified atom stereocenters. The van der Waals surface area contributed by atoms with Crippen molar-refractivity contribution in [3.8, 4) is 11.5 Å². The molecule has 5 heteroatoms. The van der Waals surface area contributed by atoms with Gasteiger partial charge in [0.15, 0.2) is 11.5 Å². The standard InChI is InChI=1S/C18H19NO3S/c1-13-2-5-15(6-3-13)23-11-8-18(20)19-14-4-7-16-17(12-14)22-10-9-21-16/h2-7,12H,8-11H2,1H3,(H,19,20). The minimum absolute atomic E-state index is 0.00119. The van der Waals surface area contributed by atoms with Gasteiger partial charge in [-0.25, -0.2) is 0 Å². The molecule has 120 valence electrons. The van der Waals surface area contributed by atoms with Gasteiger partial charge in [0.2, 0.25) is 5.91 Å². The highest BCUT2D eigenvalue weighted by atomic mass is 32.2. The van der Waals surface area contributed by atoms with Crippen molar-refractivity contribution in [2.24, 2.45) is 0 Å². The third kappa shape index (κ3) is 4.42. The molecule has 0 spiro atoms. The molecule has 1 amide bonds. The molecule has 1 N–H and O–H groups in total. The zero-order valence-electron chi connectivity index (χ0n) is 13.0. The maximum absolute atomic E-state index is 12.0. The molecule has 2 aromatic rings. The molecule has 0 aliphatic carbocycles. The number of thioether (sulfide) groups is 1. The summed E-state index contributed by atoms with van der Waals surface area (Å²) in [7, 11) is 0. The fourth-order valence-corrected chi connectivity index (χ4v) is 3.09. The summed E-state index contributed by atoms with van der Waals surface area (Å²) in [5, 5.41) is 2.90. The minimum atomic E-state index is 0.00119. The van der Waals surface area contributed by atoms with Crippen molar-refractivity contribution >= 4 is 23.4 Å². The highest BCUT2D eigenvalue weighted by molar-refractivity contribution is 7.99. The van der Waals surface area contributed by atoms with E-state index >= 15 is 0 Å². The van der Waals surface area contributed by atoms with Crippen LogP contribution in [-0.4, -0.2) is 24.9 Å². The van der Waals surface area contributed by atoms with Gasteiger partial charge in [-0.3, -0.25) is 4.79 Å². The van der Waals surface area contributed by atoms with E-state index in [1.165, 1.54) is 10.5 Å². The lowest BCUT2D eigenvalue weighted by Gasteiger charge is -2.19. The molecule has 3 rings (SSSR count). The van der Waals surface area contributed by atoms with Crippen LogP contribution in [0.1, 0.15) is 12.0 Å². The Bertz CT molecular complexity index is 685. The van der Waals surface area contributed by atoms with Crippen LogP contribution >= 0.6 is 11.8 Å². The Morgan fingerprint density at radius 1 is 1.09 bits per heavy atom. The van der Waals surface area contributed by atoms with E-state index in [1.54, 1.807) is 17.8 Å². The summed E-state index contributed by atoms with van der Waals surface area (Å²) in [6, 6.07) is 13.8. The van der Waals surface area contributed by atoms with Gasteiger partial charge in [0.1, 0.15) is 13.2 Å². The van der Waals surface area contributed by atoms with Crippen LogP contribution in [0.4, 0.5) is 5.69 Å². The molecule has 0 saturated carbocycles. The summed E-state index contributed by atoms with van der Waals surface area (Å²) < 4.78 is 11.0. The summed E-state index contributed by atoms with van der Waals surface area (Å²) in [5.41, 5.74) is 1.98. The Kier molecular flexibility index (Phi) is 5.08. The fourth-order valence-electron chi connectivity index (χ4n) is 2.24. The lowest BCUT2D eigenvalue weighted by atomic mass is 10.2. The number of hydrogen-bond donors (Lipinski definition) is 1. The van der Waals surface area contributed by atoms with Gasteiger partial charge in [0.05, 0.1) is 0 Å². The zero-order valence-corrected chi connectivity index (χ0v) is 13.8. The van der Waals surface area contributed by atoms with Crippen molar-refractivity contribution < 1.29 is 14.3 Å². The van der Waals surface area contributed by atoms with Gasteiger partial charge < -0.3 is 14.8 Å². The third-order valence-electron chi connectivity index (χ3n) is 3.44. The normalized spacial score (nSPS) is 12.7. The van der Waals surface area contributed by atoms with Crippen molar-refractivity contribution in [2.45, 2.75) is 18.2 Å². The summed E-state index contributed by atoms with van der Waals surface area (Å²) in [6.07, 6.45) is 0.465. The molecular weight excluding hydrogens is 310 g/mol. The van der Waals surface area contributed by atoms with Gasteiger partial charge in [-0.05, 0) is 31.2 Å². The summed E-state index contributed by atoms with van der Waals surface area (Å²) in [4.78, 5) is 13.2. The quantitative estimate of drug-likeness (QED) is 0.846. The molecule has 0 aromatic heterocycles. The Morgan fingerprint density at radius 2 is 1.83 bits per heavy atom. The van der Waals surface area contributed by atoms with E-state index in [1.807, 2.05) is 12.1 Å². The predicted molar refractivity (Wildman–Crippen MR) is 92.6 cm³/mol. The minimum Gasteiger partial charge on any atom is -0.486 e. The maximum Gasteiger partial charge on any atom is 0.225 e. The topological polar surface area (TPSA) is 47.6 Å². The number of nitrogens with one attached hydrogen (secondary N) is 1. The first kappa shape index (κ1) is 15.7. The molecule has 0 radical (unpaired) electrons. The number of rotatable bonds is 5. The summed E-state index contributed by atoms with van der Waals surface area (Å²) in [5.74, 6) is 2.16. The van der Waals surface area contributed by atoms with Crippen molar-refractivity contribution in [2.75, 3.05) is 24.3 Å². The highest BCUT2D eigenvalue weighted by Gasteiger charge is 2.12. The van der Waals surface area contributed by atoms with E-state index in [0.29, 0.717) is 25.4 Å². The molecule has 1 aliphatic rings. The van der Waals surface area contributed by atoms with E-state index < -0.39 is 0 Å². The lowest BCUT2D eigenvalue weighted by Crippen LogP contribution is -2.16. The van der Waals surface area contributed by atoms with E-state index in [2.05, 4.69) is 36.5 Å². The van der Waals surface area contributed by atoms with Crippen LogP contribution in [-0.2, 0) is 4.79 Å². The van der Waals surface area contributed by atoms with E-state index in [0.717, 1.165) is 17.2 Å². The Balaban J connectivity index is 1.48. The van der Waals surface area contributed by atoms with E-state index in [9.17, 15) is 4.79 Å². The average molecular weight is 329 g/mol. The Morgan fingerprint density at radius 3 is 2.61 bits per heavy atom. The van der Waals surface area contributed by atoms with Crippen LogP contribution < -0.4 is 14.8 Å². The molecule has 4 nitrogen and oxygen atoms in total. The van der Waals surface area contributed by atoms with Crippen molar-refractivity contribution in [3.05, 3.63) is 48.0 Å². The monoisotopic (exact) mass is 329 g/mol. The zero-order chi connectivity index (χ0) is 16.1. The fraction of sp³-hybridized carbons (Fsp3) is 0.278. The highest BCUT2D eigenvalue weighted by Crippen LogP contribution is 2.32. The molecular formula is C18H19NO3S. The van der Waals surface area contributed by atoms with Crippen LogP contribution in [0.2, 0.25) is 0 Å². The van der Waals surface area contributed by atoms with Crippen molar-refractivity contribution in [3.63, 3.8) is 0 Å².